The third-order valence-electron chi connectivity index (χ3n) is 5.52. The van der Waals surface area contributed by atoms with Crippen molar-refractivity contribution in [1.29, 1.82) is 0 Å². The minimum atomic E-state index is -0.936. The topological polar surface area (TPSA) is 105 Å². The van der Waals surface area contributed by atoms with Gasteiger partial charge in [0.25, 0.3) is 0 Å². The van der Waals surface area contributed by atoms with E-state index in [9.17, 15) is 14.4 Å². The van der Waals surface area contributed by atoms with Gasteiger partial charge in [0.1, 0.15) is 11.5 Å². The molecule has 2 N–H and O–H groups in total. The van der Waals surface area contributed by atoms with E-state index in [4.69, 9.17) is 14.6 Å². The highest BCUT2D eigenvalue weighted by molar-refractivity contribution is 5.88. The zero-order chi connectivity index (χ0) is 26.1. The van der Waals surface area contributed by atoms with Crippen LogP contribution in [0.5, 0.6) is 11.5 Å². The van der Waals surface area contributed by atoms with E-state index in [-0.39, 0.29) is 24.9 Å². The molecule has 3 rings (SSSR count). The Bertz CT molecular complexity index is 1210. The number of carboxylic acid groups (broad SMARTS) is 1. The number of methoxy groups -OCH3 is 1. The number of carbonyl (C=O) groups excluding carboxylic acids is 2. The van der Waals surface area contributed by atoms with Gasteiger partial charge in [-0.3, -0.25) is 9.59 Å². The fourth-order valence-corrected chi connectivity index (χ4v) is 3.87. The molecule has 188 valence electrons. The molecule has 8 heteroatoms. The molecule has 0 aromatic heterocycles. The lowest BCUT2D eigenvalue weighted by atomic mass is 10.0. The maximum Gasteiger partial charge on any atom is 0.410 e. The van der Waals surface area contributed by atoms with Crippen molar-refractivity contribution in [2.24, 2.45) is 0 Å². The molecule has 2 amide bonds. The Morgan fingerprint density at radius 1 is 0.972 bits per heavy atom. The average molecular weight is 491 g/mol. The van der Waals surface area contributed by atoms with Gasteiger partial charge in [-0.2, -0.15) is 0 Å². The largest absolute Gasteiger partial charge is 0.481 e. The highest BCUT2D eigenvalue weighted by Crippen LogP contribution is 2.30. The number of nitrogens with zero attached hydrogens (tertiary/aromatic N) is 1. The summed E-state index contributed by atoms with van der Waals surface area (Å²) in [6, 6.07) is 21.6. The lowest BCUT2D eigenvalue weighted by Crippen LogP contribution is -2.39. The second-order valence-corrected chi connectivity index (χ2v) is 8.46. The van der Waals surface area contributed by atoms with Crippen LogP contribution in [-0.4, -0.2) is 41.1 Å². The van der Waals surface area contributed by atoms with Gasteiger partial charge in [0, 0.05) is 24.2 Å². The Morgan fingerprint density at radius 2 is 1.69 bits per heavy atom. The summed E-state index contributed by atoms with van der Waals surface area (Å²) in [4.78, 5) is 37.1. The van der Waals surface area contributed by atoms with Crippen molar-refractivity contribution in [3.05, 3.63) is 89.5 Å². The number of amides is 2. The Kier molecular flexibility index (Phi) is 9.05. The Labute approximate surface area is 210 Å². The van der Waals surface area contributed by atoms with E-state index in [1.54, 1.807) is 47.4 Å². The Hall–Kier alpha value is -4.33. The zero-order valence-corrected chi connectivity index (χ0v) is 20.6. The molecule has 3 aromatic rings. The summed E-state index contributed by atoms with van der Waals surface area (Å²) >= 11 is 0. The summed E-state index contributed by atoms with van der Waals surface area (Å²) in [7, 11) is 1.34. The zero-order valence-electron chi connectivity index (χ0n) is 20.6. The molecule has 0 fully saturated rings. The summed E-state index contributed by atoms with van der Waals surface area (Å²) in [6.07, 6.45) is 0.00527. The van der Waals surface area contributed by atoms with Gasteiger partial charge < -0.3 is 24.8 Å². The minimum Gasteiger partial charge on any atom is -0.481 e. The van der Waals surface area contributed by atoms with Crippen molar-refractivity contribution in [3.63, 3.8) is 0 Å². The van der Waals surface area contributed by atoms with Crippen LogP contribution >= 0.6 is 0 Å². The lowest BCUT2D eigenvalue weighted by Gasteiger charge is -2.29. The molecule has 0 aliphatic carbocycles. The molecule has 0 aliphatic heterocycles. The van der Waals surface area contributed by atoms with Crippen LogP contribution in [0.25, 0.3) is 0 Å². The molecular formula is C28H30N2O6. The van der Waals surface area contributed by atoms with Gasteiger partial charge in [0.15, 0.2) is 0 Å². The number of carbonyl (C=O) groups is 3. The number of anilines is 1. The summed E-state index contributed by atoms with van der Waals surface area (Å²) in [5.41, 5.74) is 2.89. The van der Waals surface area contributed by atoms with Gasteiger partial charge >= 0.3 is 12.1 Å². The maximum absolute atomic E-state index is 12.8. The van der Waals surface area contributed by atoms with Crippen LogP contribution in [0.2, 0.25) is 0 Å². The van der Waals surface area contributed by atoms with E-state index >= 15 is 0 Å². The van der Waals surface area contributed by atoms with E-state index in [1.807, 2.05) is 37.3 Å². The SMILES string of the molecule is COC(=O)N(Cc1cc(NC(C)=O)ccc1Oc1cccc(CC(=O)O)c1)C(C)Cc1ccccc1. The quantitative estimate of drug-likeness (QED) is 0.401. The van der Waals surface area contributed by atoms with Crippen molar-refractivity contribution < 1.29 is 29.0 Å². The molecule has 0 spiro atoms. The Morgan fingerprint density at radius 3 is 2.36 bits per heavy atom. The number of carboxylic acids is 1. The van der Waals surface area contributed by atoms with Crippen molar-refractivity contribution in [1.82, 2.24) is 4.90 Å². The number of rotatable bonds is 10. The highest BCUT2D eigenvalue weighted by atomic mass is 16.5. The van der Waals surface area contributed by atoms with Crippen molar-refractivity contribution in [3.8, 4) is 11.5 Å². The summed E-state index contributed by atoms with van der Waals surface area (Å²) in [5, 5.41) is 11.9. The first-order valence-corrected chi connectivity index (χ1v) is 11.5. The fourth-order valence-electron chi connectivity index (χ4n) is 3.87. The number of benzene rings is 3. The minimum absolute atomic E-state index is 0.126. The molecule has 1 unspecified atom stereocenters. The van der Waals surface area contributed by atoms with E-state index in [0.29, 0.717) is 34.7 Å². The van der Waals surface area contributed by atoms with Crippen LogP contribution in [0.3, 0.4) is 0 Å². The second-order valence-electron chi connectivity index (χ2n) is 8.46. The van der Waals surface area contributed by atoms with E-state index in [1.165, 1.54) is 14.0 Å². The summed E-state index contributed by atoms with van der Waals surface area (Å²) < 4.78 is 11.2. The standard InChI is InChI=1S/C28H30N2O6/c1-19(14-21-8-5-4-6-9-21)30(28(34)35-3)18-23-17-24(29-20(2)31)12-13-26(23)36-25-11-7-10-22(15-25)16-27(32)33/h4-13,15,17,19H,14,16,18H2,1-3H3,(H,29,31)(H,32,33). The highest BCUT2D eigenvalue weighted by Gasteiger charge is 2.23. The van der Waals surface area contributed by atoms with Crippen LogP contribution in [0.4, 0.5) is 10.5 Å². The van der Waals surface area contributed by atoms with Gasteiger partial charge in [-0.25, -0.2) is 4.79 Å². The normalized spacial score (nSPS) is 11.3. The summed E-state index contributed by atoms with van der Waals surface area (Å²) in [5.74, 6) is -0.228. The first kappa shape index (κ1) is 26.3. The molecule has 1 atom stereocenters. The fraction of sp³-hybridized carbons (Fsp3) is 0.250. The molecule has 0 bridgehead atoms. The molecule has 0 saturated carbocycles. The van der Waals surface area contributed by atoms with Crippen LogP contribution in [0, 0.1) is 0 Å². The van der Waals surface area contributed by atoms with E-state index in [2.05, 4.69) is 5.32 Å². The molecule has 0 radical (unpaired) electrons. The molecule has 3 aromatic carbocycles. The number of nitrogens with one attached hydrogen (secondary N) is 1. The summed E-state index contributed by atoms with van der Waals surface area (Å²) in [6.45, 7) is 3.52. The van der Waals surface area contributed by atoms with Gasteiger partial charge in [0.2, 0.25) is 5.91 Å². The number of ether oxygens (including phenoxy) is 2. The molecule has 36 heavy (non-hydrogen) atoms. The number of aliphatic carboxylic acids is 1. The Balaban J connectivity index is 1.93. The van der Waals surface area contributed by atoms with Gasteiger partial charge in [-0.05, 0) is 54.8 Å². The third kappa shape index (κ3) is 7.59. The predicted octanol–water partition coefficient (Wildman–Crippen LogP) is 5.26. The van der Waals surface area contributed by atoms with Crippen molar-refractivity contribution in [2.75, 3.05) is 12.4 Å². The third-order valence-corrected chi connectivity index (χ3v) is 5.52. The average Bonchev–Trinajstić information content (AvgIpc) is 2.83. The van der Waals surface area contributed by atoms with Crippen molar-refractivity contribution >= 4 is 23.7 Å². The van der Waals surface area contributed by atoms with Crippen LogP contribution in [0.1, 0.15) is 30.5 Å². The smallest absolute Gasteiger partial charge is 0.410 e. The molecule has 0 heterocycles. The van der Waals surface area contributed by atoms with Gasteiger partial charge in [-0.15, -0.1) is 0 Å². The van der Waals surface area contributed by atoms with Crippen LogP contribution in [-0.2, 0) is 33.7 Å². The molecule has 0 aliphatic rings. The predicted molar refractivity (Wildman–Crippen MR) is 136 cm³/mol. The van der Waals surface area contributed by atoms with Crippen LogP contribution in [0.15, 0.2) is 72.8 Å². The monoisotopic (exact) mass is 490 g/mol. The first-order chi connectivity index (χ1) is 17.2. The first-order valence-electron chi connectivity index (χ1n) is 11.5. The maximum atomic E-state index is 12.8. The van der Waals surface area contributed by atoms with E-state index in [0.717, 1.165) is 5.56 Å². The number of hydrogen-bond donors (Lipinski definition) is 2. The van der Waals surface area contributed by atoms with Crippen molar-refractivity contribution in [2.45, 2.75) is 39.3 Å². The second kappa shape index (κ2) is 12.4. The molecule has 0 saturated heterocycles. The number of hydrogen-bond acceptors (Lipinski definition) is 5. The van der Waals surface area contributed by atoms with Gasteiger partial charge in [0.05, 0.1) is 20.1 Å². The lowest BCUT2D eigenvalue weighted by molar-refractivity contribution is -0.136. The van der Waals surface area contributed by atoms with Crippen LogP contribution < -0.4 is 10.1 Å². The molecule has 8 nitrogen and oxygen atoms in total. The van der Waals surface area contributed by atoms with E-state index < -0.39 is 12.1 Å². The molecular weight excluding hydrogens is 460 g/mol. The van der Waals surface area contributed by atoms with Gasteiger partial charge in [-0.1, -0.05) is 42.5 Å².